The van der Waals surface area contributed by atoms with E-state index in [2.05, 4.69) is 13.8 Å². The van der Waals surface area contributed by atoms with E-state index >= 15 is 0 Å². The fourth-order valence-corrected chi connectivity index (χ4v) is 4.57. The quantitative estimate of drug-likeness (QED) is 0.843. The summed E-state index contributed by atoms with van der Waals surface area (Å²) in [6.07, 6.45) is 1.04. The van der Waals surface area contributed by atoms with E-state index in [9.17, 15) is 8.42 Å². The van der Waals surface area contributed by atoms with Crippen LogP contribution in [-0.4, -0.2) is 25.8 Å². The summed E-state index contributed by atoms with van der Waals surface area (Å²) < 4.78 is 26.8. The third kappa shape index (κ3) is 2.98. The number of piperidine rings is 1. The first-order valence-corrected chi connectivity index (χ1v) is 8.36. The zero-order valence-corrected chi connectivity index (χ0v) is 13.1. The summed E-state index contributed by atoms with van der Waals surface area (Å²) in [6.45, 7) is 5.16. The molecule has 0 amide bonds. The Balaban J connectivity index is 2.38. The van der Waals surface area contributed by atoms with Gasteiger partial charge in [0.2, 0.25) is 10.0 Å². The third-order valence-electron chi connectivity index (χ3n) is 3.53. The first kappa shape index (κ1) is 15.3. The van der Waals surface area contributed by atoms with Crippen LogP contribution in [0, 0.1) is 23.2 Å². The molecule has 0 bridgehead atoms. The number of benzene rings is 1. The number of nitrogens with zero attached hydrogens (tertiary/aromatic N) is 2. The summed E-state index contributed by atoms with van der Waals surface area (Å²) >= 11 is 5.85. The average Bonchev–Trinajstić information content (AvgIpc) is 2.37. The molecule has 1 fully saturated rings. The lowest BCUT2D eigenvalue weighted by molar-refractivity contribution is 0.222. The van der Waals surface area contributed by atoms with Gasteiger partial charge in [0.25, 0.3) is 0 Å². The number of halogens is 1. The Morgan fingerprint density at radius 2 is 1.90 bits per heavy atom. The van der Waals surface area contributed by atoms with Crippen LogP contribution in [0.3, 0.4) is 0 Å². The molecule has 2 atom stereocenters. The van der Waals surface area contributed by atoms with Gasteiger partial charge in [0.15, 0.2) is 0 Å². The molecular weight excluding hydrogens is 296 g/mol. The van der Waals surface area contributed by atoms with Gasteiger partial charge in [0.05, 0.1) is 15.5 Å². The second-order valence-electron chi connectivity index (χ2n) is 5.52. The van der Waals surface area contributed by atoms with Gasteiger partial charge in [-0.1, -0.05) is 25.4 Å². The fraction of sp³-hybridized carbons (Fsp3) is 0.500. The molecule has 2 unspecified atom stereocenters. The van der Waals surface area contributed by atoms with Gasteiger partial charge in [-0.05, 0) is 36.5 Å². The molecular formula is C14H17ClN2O2S. The lowest BCUT2D eigenvalue weighted by atomic mass is 9.94. The van der Waals surface area contributed by atoms with Crippen LogP contribution >= 0.6 is 11.6 Å². The maximum absolute atomic E-state index is 12.6. The summed E-state index contributed by atoms with van der Waals surface area (Å²) in [5, 5.41) is 9.23. The largest absolute Gasteiger partial charge is 0.243 e. The summed E-state index contributed by atoms with van der Waals surface area (Å²) in [7, 11) is -3.55. The van der Waals surface area contributed by atoms with Gasteiger partial charge in [-0.15, -0.1) is 0 Å². The molecule has 0 spiro atoms. The molecule has 1 aliphatic heterocycles. The molecule has 0 aromatic heterocycles. The van der Waals surface area contributed by atoms with Gasteiger partial charge >= 0.3 is 0 Å². The molecule has 0 aliphatic carbocycles. The minimum atomic E-state index is -3.55. The predicted molar refractivity (Wildman–Crippen MR) is 77.9 cm³/mol. The second-order valence-corrected chi connectivity index (χ2v) is 7.87. The van der Waals surface area contributed by atoms with E-state index in [0.29, 0.717) is 24.9 Å². The number of nitriles is 1. The lowest BCUT2D eigenvalue weighted by Crippen LogP contribution is -2.42. The van der Waals surface area contributed by atoms with E-state index in [1.54, 1.807) is 0 Å². The van der Waals surface area contributed by atoms with E-state index in [4.69, 9.17) is 16.9 Å². The van der Waals surface area contributed by atoms with Crippen molar-refractivity contribution in [3.8, 4) is 6.07 Å². The average molecular weight is 313 g/mol. The van der Waals surface area contributed by atoms with E-state index in [1.807, 2.05) is 6.07 Å². The predicted octanol–water partition coefficient (Wildman–Crippen LogP) is 2.88. The Labute approximate surface area is 125 Å². The van der Waals surface area contributed by atoms with Crippen molar-refractivity contribution < 1.29 is 8.42 Å². The van der Waals surface area contributed by atoms with Crippen molar-refractivity contribution in [1.82, 2.24) is 4.31 Å². The highest BCUT2D eigenvalue weighted by molar-refractivity contribution is 7.89. The Hall–Kier alpha value is -1.09. The molecule has 0 radical (unpaired) electrons. The topological polar surface area (TPSA) is 61.2 Å². The zero-order valence-electron chi connectivity index (χ0n) is 11.5. The monoisotopic (exact) mass is 312 g/mol. The van der Waals surface area contributed by atoms with Gasteiger partial charge in [0.1, 0.15) is 6.07 Å². The highest BCUT2D eigenvalue weighted by atomic mass is 35.5. The Bertz CT molecular complexity index is 642. The van der Waals surface area contributed by atoms with Crippen LogP contribution in [0.5, 0.6) is 0 Å². The van der Waals surface area contributed by atoms with Crippen molar-refractivity contribution in [2.45, 2.75) is 25.2 Å². The highest BCUT2D eigenvalue weighted by Gasteiger charge is 2.31. The van der Waals surface area contributed by atoms with E-state index < -0.39 is 10.0 Å². The van der Waals surface area contributed by atoms with Crippen LogP contribution in [0.15, 0.2) is 23.1 Å². The van der Waals surface area contributed by atoms with Crippen molar-refractivity contribution >= 4 is 21.6 Å². The number of hydrogen-bond acceptors (Lipinski definition) is 3. The van der Waals surface area contributed by atoms with Crippen molar-refractivity contribution in [1.29, 1.82) is 5.26 Å². The molecule has 1 heterocycles. The maximum atomic E-state index is 12.6. The summed E-state index contributed by atoms with van der Waals surface area (Å²) in [6, 6.07) is 6.18. The fourth-order valence-electron chi connectivity index (χ4n) is 2.70. The van der Waals surface area contributed by atoms with Crippen molar-refractivity contribution in [3.63, 3.8) is 0 Å². The maximum Gasteiger partial charge on any atom is 0.243 e. The van der Waals surface area contributed by atoms with Crippen LogP contribution in [0.4, 0.5) is 0 Å². The van der Waals surface area contributed by atoms with E-state index in [0.717, 1.165) is 6.42 Å². The summed E-state index contributed by atoms with van der Waals surface area (Å²) in [5.74, 6) is 0.688. The van der Waals surface area contributed by atoms with E-state index in [1.165, 1.54) is 22.5 Å². The molecule has 1 aliphatic rings. The first-order valence-electron chi connectivity index (χ1n) is 6.54. The molecule has 1 aromatic carbocycles. The van der Waals surface area contributed by atoms with Crippen LogP contribution in [0.1, 0.15) is 25.8 Å². The third-order valence-corrected chi connectivity index (χ3v) is 5.69. The van der Waals surface area contributed by atoms with Crippen molar-refractivity contribution in [3.05, 3.63) is 28.8 Å². The molecule has 20 heavy (non-hydrogen) atoms. The smallest absolute Gasteiger partial charge is 0.207 e. The number of hydrogen-bond donors (Lipinski definition) is 0. The molecule has 4 nitrogen and oxygen atoms in total. The molecule has 0 N–H and O–H groups in total. The second kappa shape index (κ2) is 5.72. The van der Waals surface area contributed by atoms with Gasteiger partial charge in [0, 0.05) is 13.1 Å². The molecule has 1 saturated heterocycles. The summed E-state index contributed by atoms with van der Waals surface area (Å²) in [4.78, 5) is 0.139. The molecule has 6 heteroatoms. The Morgan fingerprint density at radius 1 is 1.30 bits per heavy atom. The van der Waals surface area contributed by atoms with Crippen LogP contribution in [0.2, 0.25) is 5.02 Å². The van der Waals surface area contributed by atoms with Crippen LogP contribution in [-0.2, 0) is 10.0 Å². The number of rotatable bonds is 2. The van der Waals surface area contributed by atoms with Crippen LogP contribution < -0.4 is 0 Å². The SMILES string of the molecule is CC1CC(C)CN(S(=O)(=O)c2ccc(Cl)c(C#N)c2)C1. The number of sulfonamides is 1. The van der Waals surface area contributed by atoms with Crippen molar-refractivity contribution in [2.75, 3.05) is 13.1 Å². The Morgan fingerprint density at radius 3 is 2.45 bits per heavy atom. The minimum absolute atomic E-state index is 0.139. The van der Waals surface area contributed by atoms with Crippen LogP contribution in [0.25, 0.3) is 0 Å². The molecule has 0 saturated carbocycles. The first-order chi connectivity index (χ1) is 9.34. The zero-order chi connectivity index (χ0) is 14.9. The van der Waals surface area contributed by atoms with Gasteiger partial charge in [-0.3, -0.25) is 0 Å². The molecule has 1 aromatic rings. The van der Waals surface area contributed by atoms with E-state index in [-0.39, 0.29) is 15.5 Å². The lowest BCUT2D eigenvalue weighted by Gasteiger charge is -2.34. The Kier molecular flexibility index (Phi) is 4.38. The summed E-state index contributed by atoms with van der Waals surface area (Å²) in [5.41, 5.74) is 0.186. The van der Waals surface area contributed by atoms with Gasteiger partial charge < -0.3 is 0 Å². The van der Waals surface area contributed by atoms with Crippen molar-refractivity contribution in [2.24, 2.45) is 11.8 Å². The molecule has 108 valence electrons. The van der Waals surface area contributed by atoms with Gasteiger partial charge in [-0.25, -0.2) is 8.42 Å². The normalized spacial score (nSPS) is 24.3. The minimum Gasteiger partial charge on any atom is -0.207 e. The standard InChI is InChI=1S/C14H17ClN2O2S/c1-10-5-11(2)9-17(8-10)20(18,19)13-3-4-14(15)12(6-13)7-16/h3-4,6,10-11H,5,8-9H2,1-2H3. The van der Waals surface area contributed by atoms with Gasteiger partial charge in [-0.2, -0.15) is 9.57 Å². The molecule has 2 rings (SSSR count). The highest BCUT2D eigenvalue weighted by Crippen LogP contribution is 2.28.